The average Bonchev–Trinajstić information content (AvgIpc) is 3.36. The third-order valence-electron chi connectivity index (χ3n) is 3.85. The minimum absolute atomic E-state index is 0.222. The van der Waals surface area contributed by atoms with Gasteiger partial charge in [-0.3, -0.25) is 10.1 Å². The Hall–Kier alpha value is -2.69. The fourth-order valence-electron chi connectivity index (χ4n) is 2.45. The number of aromatic nitrogens is 4. The Bertz CT molecular complexity index is 1150. The minimum Gasteiger partial charge on any atom is -0.332 e. The van der Waals surface area contributed by atoms with E-state index in [4.69, 9.17) is 12.2 Å². The van der Waals surface area contributed by atoms with E-state index in [1.807, 2.05) is 43.5 Å². The van der Waals surface area contributed by atoms with Crippen LogP contribution in [0.1, 0.15) is 21.1 Å². The molecule has 0 aliphatic carbocycles. The summed E-state index contributed by atoms with van der Waals surface area (Å²) >= 11 is 8.12. The van der Waals surface area contributed by atoms with Crippen LogP contribution >= 0.6 is 34.9 Å². The van der Waals surface area contributed by atoms with Crippen molar-refractivity contribution in [1.82, 2.24) is 25.1 Å². The van der Waals surface area contributed by atoms with E-state index in [1.165, 1.54) is 22.7 Å². The number of rotatable bonds is 3. The Morgan fingerprint density at radius 3 is 2.81 bits per heavy atom. The summed E-state index contributed by atoms with van der Waals surface area (Å²) in [6.45, 7) is 3.83. The summed E-state index contributed by atoms with van der Waals surface area (Å²) in [4.78, 5) is 13.5. The van der Waals surface area contributed by atoms with Crippen LogP contribution < -0.4 is 10.6 Å². The van der Waals surface area contributed by atoms with Crippen LogP contribution in [0.25, 0.3) is 15.5 Å². The fraction of sp³-hybridized carbons (Fsp3) is 0.118. The lowest BCUT2D eigenvalue weighted by Gasteiger charge is -2.12. The number of nitrogens with zero attached hydrogens (tertiary/aromatic N) is 4. The summed E-state index contributed by atoms with van der Waals surface area (Å²) in [5.41, 5.74) is 2.75. The first-order chi connectivity index (χ1) is 13.0. The summed E-state index contributed by atoms with van der Waals surface area (Å²) < 4.78 is 1.72. The Morgan fingerprint density at radius 2 is 2.07 bits per heavy atom. The number of benzene rings is 1. The number of carbonyl (C=O) groups is 1. The monoisotopic (exact) mass is 414 g/mol. The number of fused-ring (bicyclic) bond motifs is 1. The van der Waals surface area contributed by atoms with E-state index in [2.05, 4.69) is 25.9 Å². The van der Waals surface area contributed by atoms with Gasteiger partial charge in [-0.2, -0.15) is 9.61 Å². The van der Waals surface area contributed by atoms with E-state index in [-0.39, 0.29) is 11.0 Å². The van der Waals surface area contributed by atoms with Gasteiger partial charge in [0, 0.05) is 11.3 Å². The maximum atomic E-state index is 12.1. The molecule has 0 atom stereocenters. The van der Waals surface area contributed by atoms with Gasteiger partial charge < -0.3 is 5.32 Å². The molecule has 1 aromatic carbocycles. The van der Waals surface area contributed by atoms with Gasteiger partial charge in [-0.25, -0.2) is 0 Å². The highest BCUT2D eigenvalue weighted by molar-refractivity contribution is 7.80. The molecule has 0 spiro atoms. The molecule has 0 saturated heterocycles. The first-order valence-corrected chi connectivity index (χ1v) is 10.1. The van der Waals surface area contributed by atoms with Crippen molar-refractivity contribution in [2.75, 3.05) is 5.32 Å². The van der Waals surface area contributed by atoms with Crippen LogP contribution in [-0.4, -0.2) is 30.8 Å². The lowest BCUT2D eigenvalue weighted by Crippen LogP contribution is -2.33. The summed E-state index contributed by atoms with van der Waals surface area (Å²) in [6.07, 6.45) is 0. The van der Waals surface area contributed by atoms with Crippen LogP contribution in [0, 0.1) is 13.8 Å². The molecule has 3 heterocycles. The molecule has 0 aliphatic rings. The predicted octanol–water partition coefficient (Wildman–Crippen LogP) is 3.66. The molecule has 136 valence electrons. The van der Waals surface area contributed by atoms with Crippen molar-refractivity contribution in [2.45, 2.75) is 13.8 Å². The van der Waals surface area contributed by atoms with Crippen molar-refractivity contribution in [2.24, 2.45) is 0 Å². The summed E-state index contributed by atoms with van der Waals surface area (Å²) in [5, 5.41) is 21.4. The highest BCUT2D eigenvalue weighted by Gasteiger charge is 2.13. The molecule has 4 rings (SSSR count). The quantitative estimate of drug-likeness (QED) is 0.498. The molecule has 10 heteroatoms. The second-order valence-electron chi connectivity index (χ2n) is 5.76. The van der Waals surface area contributed by atoms with Crippen LogP contribution in [0.2, 0.25) is 0 Å². The predicted molar refractivity (Wildman–Crippen MR) is 112 cm³/mol. The molecular weight excluding hydrogens is 400 g/mol. The Kier molecular flexibility index (Phi) is 4.68. The zero-order valence-corrected chi connectivity index (χ0v) is 16.8. The number of amides is 1. The second-order valence-corrected chi connectivity index (χ2v) is 8.08. The smallest absolute Gasteiger partial charge is 0.267 e. The first-order valence-electron chi connectivity index (χ1n) is 7.97. The molecule has 7 nitrogen and oxygen atoms in total. The zero-order chi connectivity index (χ0) is 19.0. The van der Waals surface area contributed by atoms with Crippen molar-refractivity contribution in [1.29, 1.82) is 0 Å². The van der Waals surface area contributed by atoms with Gasteiger partial charge >= 0.3 is 0 Å². The summed E-state index contributed by atoms with van der Waals surface area (Å²) in [6, 6.07) is 9.52. The van der Waals surface area contributed by atoms with Gasteiger partial charge in [-0.15, -0.1) is 21.5 Å². The molecule has 0 saturated carbocycles. The SMILES string of the molecule is Cc1ccc(-c2nn3c(C)nnc3s2)cc1NC(=S)NC(=O)c1cccs1. The number of anilines is 1. The summed E-state index contributed by atoms with van der Waals surface area (Å²) in [7, 11) is 0. The third-order valence-corrected chi connectivity index (χ3v) is 5.87. The highest BCUT2D eigenvalue weighted by atomic mass is 32.1. The summed E-state index contributed by atoms with van der Waals surface area (Å²) in [5.74, 6) is 0.524. The molecule has 0 fully saturated rings. The fourth-order valence-corrected chi connectivity index (χ4v) is 4.15. The Balaban J connectivity index is 1.55. The Morgan fingerprint density at radius 1 is 1.22 bits per heavy atom. The van der Waals surface area contributed by atoms with E-state index in [9.17, 15) is 4.79 Å². The normalized spacial score (nSPS) is 10.9. The van der Waals surface area contributed by atoms with Gasteiger partial charge in [0.2, 0.25) is 4.96 Å². The standard InChI is InChI=1S/C17H14N6OS3/c1-9-5-6-11(15-22-23-10(2)20-21-17(23)27-15)8-12(9)18-16(25)19-14(24)13-4-3-7-26-13/h3-8H,1-2H3,(H2,18,19,24,25). The van der Waals surface area contributed by atoms with E-state index in [0.29, 0.717) is 4.88 Å². The van der Waals surface area contributed by atoms with Crippen molar-refractivity contribution in [3.8, 4) is 10.6 Å². The minimum atomic E-state index is -0.222. The number of nitrogens with one attached hydrogen (secondary N) is 2. The average molecular weight is 415 g/mol. The van der Waals surface area contributed by atoms with Crippen molar-refractivity contribution < 1.29 is 4.79 Å². The van der Waals surface area contributed by atoms with E-state index in [1.54, 1.807) is 10.6 Å². The van der Waals surface area contributed by atoms with E-state index in [0.717, 1.165) is 32.6 Å². The van der Waals surface area contributed by atoms with Gasteiger partial charge in [0.05, 0.1) is 4.88 Å². The number of aryl methyl sites for hydroxylation is 2. The van der Waals surface area contributed by atoms with Gasteiger partial charge in [0.15, 0.2) is 10.9 Å². The maximum Gasteiger partial charge on any atom is 0.267 e. The molecule has 4 aromatic rings. The van der Waals surface area contributed by atoms with Crippen molar-refractivity contribution in [3.63, 3.8) is 0 Å². The molecular formula is C17H14N6OS3. The van der Waals surface area contributed by atoms with E-state index >= 15 is 0 Å². The molecule has 0 unspecified atom stereocenters. The molecule has 0 bridgehead atoms. The van der Waals surface area contributed by atoms with Crippen molar-refractivity contribution in [3.05, 3.63) is 52.0 Å². The third kappa shape index (κ3) is 3.59. The second kappa shape index (κ2) is 7.14. The number of thiocarbonyl (C=S) groups is 1. The number of hydrogen-bond acceptors (Lipinski definition) is 7. The van der Waals surface area contributed by atoms with Gasteiger partial charge in [0.25, 0.3) is 5.91 Å². The number of hydrogen-bond donors (Lipinski definition) is 2. The van der Waals surface area contributed by atoms with Crippen LogP contribution in [0.4, 0.5) is 5.69 Å². The molecule has 1 amide bonds. The maximum absolute atomic E-state index is 12.1. The van der Waals surface area contributed by atoms with Crippen molar-refractivity contribution >= 4 is 56.6 Å². The highest BCUT2D eigenvalue weighted by Crippen LogP contribution is 2.29. The van der Waals surface area contributed by atoms with Gasteiger partial charge in [-0.05, 0) is 49.1 Å². The number of carbonyl (C=O) groups excluding carboxylic acids is 1. The largest absolute Gasteiger partial charge is 0.332 e. The first kappa shape index (κ1) is 17.7. The van der Waals surface area contributed by atoms with Crippen LogP contribution in [0.15, 0.2) is 35.7 Å². The van der Waals surface area contributed by atoms with Crippen LogP contribution in [0.5, 0.6) is 0 Å². The topological polar surface area (TPSA) is 84.2 Å². The Labute approximate surface area is 168 Å². The van der Waals surface area contributed by atoms with Crippen LogP contribution in [-0.2, 0) is 0 Å². The number of thiophene rings is 1. The van der Waals surface area contributed by atoms with Gasteiger partial charge in [-0.1, -0.05) is 29.5 Å². The molecule has 0 radical (unpaired) electrons. The lowest BCUT2D eigenvalue weighted by molar-refractivity contribution is 0.0981. The van der Waals surface area contributed by atoms with Crippen LogP contribution in [0.3, 0.4) is 0 Å². The lowest BCUT2D eigenvalue weighted by atomic mass is 10.1. The van der Waals surface area contributed by atoms with Gasteiger partial charge in [0.1, 0.15) is 5.01 Å². The molecule has 2 N–H and O–H groups in total. The zero-order valence-electron chi connectivity index (χ0n) is 14.4. The van der Waals surface area contributed by atoms with E-state index < -0.39 is 0 Å². The molecule has 0 aliphatic heterocycles. The molecule has 3 aromatic heterocycles. The molecule has 27 heavy (non-hydrogen) atoms.